The minimum atomic E-state index is -0.560. The third kappa shape index (κ3) is 2.25. The normalized spacial score (nSPS) is 10.7. The molecule has 0 aliphatic rings. The number of nitrogens with one attached hydrogen (secondary N) is 1. The van der Waals surface area contributed by atoms with Crippen molar-refractivity contribution in [3.63, 3.8) is 0 Å². The van der Waals surface area contributed by atoms with Crippen LogP contribution in [0.2, 0.25) is 5.02 Å². The number of halogens is 1. The van der Waals surface area contributed by atoms with Crippen LogP contribution in [0.15, 0.2) is 58.1 Å². The number of aromatic amines is 1. The quantitative estimate of drug-likeness (QED) is 0.756. The summed E-state index contributed by atoms with van der Waals surface area (Å²) < 4.78 is 2.08. The highest BCUT2D eigenvalue weighted by Crippen LogP contribution is 2.24. The highest BCUT2D eigenvalue weighted by molar-refractivity contribution is 6.32. The maximum Gasteiger partial charge on any atom is 0.356 e. The molecule has 0 amide bonds. The average molecular weight is 304 g/mol. The van der Waals surface area contributed by atoms with Crippen molar-refractivity contribution >= 4 is 11.6 Å². The van der Waals surface area contributed by atoms with E-state index in [0.29, 0.717) is 11.4 Å². The van der Waals surface area contributed by atoms with Gasteiger partial charge in [0.1, 0.15) is 5.75 Å². The SMILES string of the molecule is O=c1[nH]n(-c2ccc(O)c(Cl)c2)c(=O)n1-c1ccccc1. The summed E-state index contributed by atoms with van der Waals surface area (Å²) in [6.45, 7) is 0. The lowest BCUT2D eigenvalue weighted by Crippen LogP contribution is -2.26. The van der Waals surface area contributed by atoms with E-state index in [1.54, 1.807) is 30.3 Å². The van der Waals surface area contributed by atoms with Crippen molar-refractivity contribution in [2.75, 3.05) is 0 Å². The Morgan fingerprint density at radius 2 is 1.71 bits per heavy atom. The van der Waals surface area contributed by atoms with Crippen molar-refractivity contribution < 1.29 is 5.11 Å². The second-order valence-corrected chi connectivity index (χ2v) is 4.75. The van der Waals surface area contributed by atoms with E-state index in [2.05, 4.69) is 5.10 Å². The largest absolute Gasteiger partial charge is 0.506 e. The Morgan fingerprint density at radius 3 is 2.38 bits per heavy atom. The molecule has 106 valence electrons. The molecule has 2 N–H and O–H groups in total. The van der Waals surface area contributed by atoms with Gasteiger partial charge in [-0.3, -0.25) is 0 Å². The number of H-pyrrole nitrogens is 1. The van der Waals surface area contributed by atoms with Crippen LogP contribution >= 0.6 is 11.6 Å². The van der Waals surface area contributed by atoms with Crippen molar-refractivity contribution in [1.29, 1.82) is 0 Å². The Hall–Kier alpha value is -2.73. The van der Waals surface area contributed by atoms with Gasteiger partial charge >= 0.3 is 11.4 Å². The standard InChI is InChI=1S/C14H10ClN3O3/c15-11-8-10(6-7-12(11)19)18-14(21)17(13(20)16-18)9-4-2-1-3-5-9/h1-8,19H,(H,16,20). The number of para-hydroxylation sites is 1. The summed E-state index contributed by atoms with van der Waals surface area (Å²) in [5, 5.41) is 11.9. The first kappa shape index (κ1) is 13.3. The summed E-state index contributed by atoms with van der Waals surface area (Å²) in [4.78, 5) is 24.4. The smallest absolute Gasteiger partial charge is 0.356 e. The fraction of sp³-hybridized carbons (Fsp3) is 0. The van der Waals surface area contributed by atoms with E-state index in [0.717, 1.165) is 9.25 Å². The summed E-state index contributed by atoms with van der Waals surface area (Å²) in [7, 11) is 0. The van der Waals surface area contributed by atoms with Gasteiger partial charge in [0.05, 0.1) is 16.4 Å². The Morgan fingerprint density at radius 1 is 1.00 bits per heavy atom. The Bertz CT molecular complexity index is 909. The van der Waals surface area contributed by atoms with E-state index in [4.69, 9.17) is 11.6 Å². The molecular formula is C14H10ClN3O3. The number of phenols is 1. The van der Waals surface area contributed by atoms with Gasteiger partial charge < -0.3 is 5.11 Å². The van der Waals surface area contributed by atoms with Crippen molar-refractivity contribution in [3.05, 3.63) is 74.5 Å². The van der Waals surface area contributed by atoms with E-state index in [9.17, 15) is 14.7 Å². The zero-order valence-corrected chi connectivity index (χ0v) is 11.4. The van der Waals surface area contributed by atoms with Crippen LogP contribution in [0.5, 0.6) is 5.75 Å². The van der Waals surface area contributed by atoms with Crippen molar-refractivity contribution in [3.8, 4) is 17.1 Å². The van der Waals surface area contributed by atoms with Crippen molar-refractivity contribution in [1.82, 2.24) is 14.3 Å². The predicted octanol–water partition coefficient (Wildman–Crippen LogP) is 1.68. The first-order valence-corrected chi connectivity index (χ1v) is 6.44. The summed E-state index contributed by atoms with van der Waals surface area (Å²) in [6, 6.07) is 12.8. The number of hydrogen-bond donors (Lipinski definition) is 2. The first-order valence-electron chi connectivity index (χ1n) is 6.06. The van der Waals surface area contributed by atoms with Gasteiger partial charge in [0, 0.05) is 0 Å². The van der Waals surface area contributed by atoms with Crippen LogP contribution < -0.4 is 11.4 Å². The molecule has 6 nitrogen and oxygen atoms in total. The fourth-order valence-corrected chi connectivity index (χ4v) is 2.17. The second kappa shape index (κ2) is 4.99. The molecule has 0 unspecified atom stereocenters. The molecule has 0 saturated heterocycles. The molecule has 0 bridgehead atoms. The minimum absolute atomic E-state index is 0.0905. The zero-order valence-electron chi connectivity index (χ0n) is 10.7. The van der Waals surface area contributed by atoms with Gasteiger partial charge in [-0.2, -0.15) is 0 Å². The van der Waals surface area contributed by atoms with Crippen LogP contribution in [0, 0.1) is 0 Å². The van der Waals surface area contributed by atoms with Crippen LogP contribution in [0.1, 0.15) is 0 Å². The van der Waals surface area contributed by atoms with Gasteiger partial charge in [0.15, 0.2) is 0 Å². The highest BCUT2D eigenvalue weighted by atomic mass is 35.5. The van der Waals surface area contributed by atoms with E-state index >= 15 is 0 Å². The summed E-state index contributed by atoms with van der Waals surface area (Å²) >= 11 is 5.82. The Labute approximate surface area is 123 Å². The van der Waals surface area contributed by atoms with Crippen molar-refractivity contribution in [2.45, 2.75) is 0 Å². The molecule has 0 fully saturated rings. The van der Waals surface area contributed by atoms with E-state index < -0.39 is 11.4 Å². The number of aromatic nitrogens is 3. The van der Waals surface area contributed by atoms with E-state index in [1.807, 2.05) is 0 Å². The lowest BCUT2D eigenvalue weighted by molar-refractivity contribution is 0.475. The monoisotopic (exact) mass is 303 g/mol. The molecule has 0 aliphatic heterocycles. The van der Waals surface area contributed by atoms with Crippen LogP contribution in [0.25, 0.3) is 11.4 Å². The third-order valence-corrected chi connectivity index (χ3v) is 3.30. The molecule has 0 aliphatic carbocycles. The molecule has 0 saturated carbocycles. The van der Waals surface area contributed by atoms with Gasteiger partial charge in [-0.1, -0.05) is 29.8 Å². The number of hydrogen-bond acceptors (Lipinski definition) is 3. The molecule has 7 heteroatoms. The number of rotatable bonds is 2. The zero-order chi connectivity index (χ0) is 15.0. The molecule has 1 heterocycles. The lowest BCUT2D eigenvalue weighted by atomic mass is 10.3. The van der Waals surface area contributed by atoms with Gasteiger partial charge in [-0.05, 0) is 30.3 Å². The average Bonchev–Trinajstić information content (AvgIpc) is 2.78. The minimum Gasteiger partial charge on any atom is -0.506 e. The van der Waals surface area contributed by atoms with Crippen LogP contribution in [0.3, 0.4) is 0 Å². The maximum atomic E-state index is 12.4. The van der Waals surface area contributed by atoms with Crippen LogP contribution in [-0.2, 0) is 0 Å². The number of benzene rings is 2. The lowest BCUT2D eigenvalue weighted by Gasteiger charge is -2.02. The number of nitrogens with zero attached hydrogens (tertiary/aromatic N) is 2. The highest BCUT2D eigenvalue weighted by Gasteiger charge is 2.13. The fourth-order valence-electron chi connectivity index (χ4n) is 1.99. The topological polar surface area (TPSA) is 80.0 Å². The molecule has 3 rings (SSSR count). The predicted molar refractivity (Wildman–Crippen MR) is 78.7 cm³/mol. The Balaban J connectivity index is 2.21. The molecule has 0 atom stereocenters. The second-order valence-electron chi connectivity index (χ2n) is 4.34. The van der Waals surface area contributed by atoms with Gasteiger partial charge in [0.25, 0.3) is 0 Å². The molecule has 2 aromatic carbocycles. The van der Waals surface area contributed by atoms with Crippen LogP contribution in [0.4, 0.5) is 0 Å². The third-order valence-electron chi connectivity index (χ3n) is 3.00. The molecule has 1 aromatic heterocycles. The molecular weight excluding hydrogens is 294 g/mol. The maximum absolute atomic E-state index is 12.4. The van der Waals surface area contributed by atoms with Gasteiger partial charge in [-0.15, -0.1) is 0 Å². The molecule has 0 radical (unpaired) electrons. The van der Waals surface area contributed by atoms with Gasteiger partial charge in [-0.25, -0.2) is 23.9 Å². The van der Waals surface area contributed by atoms with Crippen molar-refractivity contribution in [2.24, 2.45) is 0 Å². The Kier molecular flexibility index (Phi) is 3.15. The molecule has 3 aromatic rings. The first-order chi connectivity index (χ1) is 10.1. The van der Waals surface area contributed by atoms with E-state index in [-0.39, 0.29) is 10.8 Å². The summed E-state index contributed by atoms with van der Waals surface area (Å²) in [5.41, 5.74) is -0.287. The summed E-state index contributed by atoms with van der Waals surface area (Å²) in [5.74, 6) is -0.0988. The van der Waals surface area contributed by atoms with Gasteiger partial charge in [0.2, 0.25) is 0 Å². The molecule has 21 heavy (non-hydrogen) atoms. The van der Waals surface area contributed by atoms with Crippen LogP contribution in [-0.4, -0.2) is 19.5 Å². The summed E-state index contributed by atoms with van der Waals surface area (Å²) in [6.07, 6.45) is 0. The number of aromatic hydroxyl groups is 1. The van der Waals surface area contributed by atoms with E-state index in [1.165, 1.54) is 18.2 Å². The number of phenolic OH excluding ortho intramolecular Hbond substituents is 1. The molecule has 0 spiro atoms.